The highest BCUT2D eigenvalue weighted by Gasteiger charge is 2.41. The topological polar surface area (TPSA) is 43.8 Å². The Hall–Kier alpha value is -1.72. The second-order valence-electron chi connectivity index (χ2n) is 5.93. The van der Waals surface area contributed by atoms with E-state index in [1.165, 1.54) is 6.07 Å². The summed E-state index contributed by atoms with van der Waals surface area (Å²) in [5.41, 5.74) is 5.97. The lowest BCUT2D eigenvalue weighted by Crippen LogP contribution is -2.29. The zero-order valence-corrected chi connectivity index (χ0v) is 11.3. The van der Waals surface area contributed by atoms with Gasteiger partial charge in [-0.15, -0.1) is 0 Å². The summed E-state index contributed by atoms with van der Waals surface area (Å²) < 4.78 is 40.0. The fourth-order valence-electron chi connectivity index (χ4n) is 2.85. The Labute approximate surface area is 114 Å². The molecule has 1 heterocycles. The van der Waals surface area contributed by atoms with Crippen LogP contribution >= 0.6 is 0 Å². The number of nitrogen functional groups attached to an aromatic ring is 1. The molecule has 3 nitrogen and oxygen atoms in total. The normalized spacial score (nSPS) is 16.9. The molecule has 3 rings (SSSR count). The van der Waals surface area contributed by atoms with Crippen molar-refractivity contribution >= 4 is 17.0 Å². The smallest absolute Gasteiger partial charge is 0.369 e. The molecule has 1 fully saturated rings. The summed E-state index contributed by atoms with van der Waals surface area (Å²) in [6.45, 7) is 4.11. The minimum absolute atomic E-state index is 0.224. The average Bonchev–Trinajstić information content (AvgIpc) is 3.10. The fraction of sp³-hybridized carbons (Fsp3) is 0.500. The molecule has 0 saturated heterocycles. The van der Waals surface area contributed by atoms with Crippen molar-refractivity contribution in [2.24, 2.45) is 5.92 Å². The van der Waals surface area contributed by atoms with E-state index in [0.717, 1.165) is 25.0 Å². The predicted molar refractivity (Wildman–Crippen MR) is 71.2 cm³/mol. The highest BCUT2D eigenvalue weighted by Crippen LogP contribution is 2.46. The van der Waals surface area contributed by atoms with Crippen molar-refractivity contribution in [1.82, 2.24) is 9.55 Å². The standard InChI is InChI=1S/C14H16F3N3/c1-13(2,8-3-4-8)20-11-6-5-9(14(15,16)17)7-10(11)19-12(20)18/h5-8H,3-4H2,1-2H3,(H2,18,19). The van der Waals surface area contributed by atoms with Crippen molar-refractivity contribution in [3.8, 4) is 0 Å². The van der Waals surface area contributed by atoms with E-state index in [1.54, 1.807) is 0 Å². The van der Waals surface area contributed by atoms with Crippen LogP contribution in [0, 0.1) is 5.92 Å². The third-order valence-corrected chi connectivity index (χ3v) is 4.16. The number of fused-ring (bicyclic) bond motifs is 1. The number of halogens is 3. The Morgan fingerprint density at radius 3 is 2.45 bits per heavy atom. The number of anilines is 1. The van der Waals surface area contributed by atoms with Gasteiger partial charge in [-0.25, -0.2) is 4.98 Å². The van der Waals surface area contributed by atoms with Gasteiger partial charge in [-0.2, -0.15) is 13.2 Å². The molecule has 1 aromatic carbocycles. The number of alkyl halides is 3. The van der Waals surface area contributed by atoms with Crippen molar-refractivity contribution in [2.75, 3.05) is 5.73 Å². The highest BCUT2D eigenvalue weighted by molar-refractivity contribution is 5.79. The van der Waals surface area contributed by atoms with Gasteiger partial charge in [-0.05, 0) is 50.8 Å². The molecular weight excluding hydrogens is 267 g/mol. The van der Waals surface area contributed by atoms with Crippen LogP contribution in [0.15, 0.2) is 18.2 Å². The van der Waals surface area contributed by atoms with Crippen molar-refractivity contribution in [2.45, 2.75) is 38.4 Å². The predicted octanol–water partition coefficient (Wildman–Crippen LogP) is 3.78. The minimum atomic E-state index is -4.36. The lowest BCUT2D eigenvalue weighted by molar-refractivity contribution is -0.137. The van der Waals surface area contributed by atoms with E-state index >= 15 is 0 Å². The summed E-state index contributed by atoms with van der Waals surface area (Å²) in [5, 5.41) is 0. The molecule has 108 valence electrons. The van der Waals surface area contributed by atoms with E-state index in [4.69, 9.17) is 5.73 Å². The molecule has 0 atom stereocenters. The lowest BCUT2D eigenvalue weighted by atomic mass is 9.98. The largest absolute Gasteiger partial charge is 0.416 e. The summed E-state index contributed by atoms with van der Waals surface area (Å²) in [4.78, 5) is 4.10. The molecule has 1 aliphatic rings. The molecule has 2 N–H and O–H groups in total. The molecule has 0 unspecified atom stereocenters. The first kappa shape index (κ1) is 13.3. The van der Waals surface area contributed by atoms with Crippen LogP contribution in [-0.2, 0) is 11.7 Å². The van der Waals surface area contributed by atoms with Crippen molar-refractivity contribution < 1.29 is 13.2 Å². The Kier molecular flexibility index (Phi) is 2.59. The van der Waals surface area contributed by atoms with Crippen LogP contribution in [0.5, 0.6) is 0 Å². The first-order valence-electron chi connectivity index (χ1n) is 6.57. The SMILES string of the molecule is CC(C)(C1CC1)n1c(N)nc2cc(C(F)(F)F)ccc21. The van der Waals surface area contributed by atoms with Crippen molar-refractivity contribution in [3.05, 3.63) is 23.8 Å². The summed E-state index contributed by atoms with van der Waals surface area (Å²) in [5.74, 6) is 0.778. The number of imidazole rings is 1. The van der Waals surface area contributed by atoms with Gasteiger partial charge in [0.05, 0.1) is 16.6 Å². The van der Waals surface area contributed by atoms with E-state index in [1.807, 2.05) is 4.57 Å². The molecule has 2 aromatic rings. The maximum absolute atomic E-state index is 12.7. The van der Waals surface area contributed by atoms with Crippen LogP contribution < -0.4 is 5.73 Å². The molecule has 1 aliphatic carbocycles. The molecule has 1 aromatic heterocycles. The molecule has 0 spiro atoms. The first-order chi connectivity index (χ1) is 9.21. The number of hydrogen-bond acceptors (Lipinski definition) is 2. The van der Waals surface area contributed by atoms with Gasteiger partial charge in [0.1, 0.15) is 0 Å². The zero-order valence-electron chi connectivity index (χ0n) is 11.3. The molecule has 1 saturated carbocycles. The third-order valence-electron chi connectivity index (χ3n) is 4.16. The summed E-state index contributed by atoms with van der Waals surface area (Å²) in [6.07, 6.45) is -2.13. The van der Waals surface area contributed by atoms with Gasteiger partial charge in [-0.3, -0.25) is 0 Å². The monoisotopic (exact) mass is 283 g/mol. The Balaban J connectivity index is 2.17. The van der Waals surface area contributed by atoms with E-state index in [-0.39, 0.29) is 11.5 Å². The zero-order chi connectivity index (χ0) is 14.7. The van der Waals surface area contributed by atoms with Crippen molar-refractivity contribution in [3.63, 3.8) is 0 Å². The quantitative estimate of drug-likeness (QED) is 0.911. The molecule has 0 amide bonds. The lowest BCUT2D eigenvalue weighted by Gasteiger charge is -2.28. The van der Waals surface area contributed by atoms with E-state index in [0.29, 0.717) is 17.0 Å². The summed E-state index contributed by atoms with van der Waals surface area (Å²) >= 11 is 0. The molecule has 0 aliphatic heterocycles. The number of nitrogens with zero attached hydrogens (tertiary/aromatic N) is 2. The Morgan fingerprint density at radius 1 is 1.25 bits per heavy atom. The number of hydrogen-bond donors (Lipinski definition) is 1. The van der Waals surface area contributed by atoms with Crippen LogP contribution in [0.4, 0.5) is 19.1 Å². The maximum Gasteiger partial charge on any atom is 0.416 e. The third kappa shape index (κ3) is 1.94. The van der Waals surface area contributed by atoms with Gasteiger partial charge in [0.25, 0.3) is 0 Å². The molecule has 0 radical (unpaired) electrons. The second-order valence-corrected chi connectivity index (χ2v) is 5.93. The molecule has 6 heteroatoms. The van der Waals surface area contributed by atoms with Gasteiger partial charge in [0.2, 0.25) is 5.95 Å². The number of benzene rings is 1. The fourth-order valence-corrected chi connectivity index (χ4v) is 2.85. The molecule has 0 bridgehead atoms. The van der Waals surface area contributed by atoms with Crippen LogP contribution in [-0.4, -0.2) is 9.55 Å². The number of aromatic nitrogens is 2. The van der Waals surface area contributed by atoms with Crippen LogP contribution in [0.1, 0.15) is 32.3 Å². The number of nitrogens with two attached hydrogens (primary N) is 1. The van der Waals surface area contributed by atoms with Gasteiger partial charge in [0, 0.05) is 5.54 Å². The molecule has 20 heavy (non-hydrogen) atoms. The van der Waals surface area contributed by atoms with Gasteiger partial charge in [0.15, 0.2) is 0 Å². The van der Waals surface area contributed by atoms with Gasteiger partial charge < -0.3 is 10.3 Å². The second kappa shape index (κ2) is 3.90. The van der Waals surface area contributed by atoms with E-state index in [9.17, 15) is 13.2 Å². The van der Waals surface area contributed by atoms with E-state index < -0.39 is 11.7 Å². The average molecular weight is 283 g/mol. The van der Waals surface area contributed by atoms with Gasteiger partial charge in [-0.1, -0.05) is 0 Å². The Bertz CT molecular complexity index is 666. The van der Waals surface area contributed by atoms with Crippen LogP contribution in [0.2, 0.25) is 0 Å². The maximum atomic E-state index is 12.7. The summed E-state index contributed by atoms with van der Waals surface area (Å²) in [7, 11) is 0. The summed E-state index contributed by atoms with van der Waals surface area (Å²) in [6, 6.07) is 3.61. The number of rotatable bonds is 2. The van der Waals surface area contributed by atoms with Crippen LogP contribution in [0.25, 0.3) is 11.0 Å². The highest BCUT2D eigenvalue weighted by atomic mass is 19.4. The van der Waals surface area contributed by atoms with E-state index in [2.05, 4.69) is 18.8 Å². The van der Waals surface area contributed by atoms with Gasteiger partial charge >= 0.3 is 6.18 Å². The Morgan fingerprint density at radius 2 is 1.90 bits per heavy atom. The first-order valence-corrected chi connectivity index (χ1v) is 6.57. The van der Waals surface area contributed by atoms with Crippen LogP contribution in [0.3, 0.4) is 0 Å². The van der Waals surface area contributed by atoms with Crippen molar-refractivity contribution in [1.29, 1.82) is 0 Å². The minimum Gasteiger partial charge on any atom is -0.369 e. The molecular formula is C14H16F3N3.